The summed E-state index contributed by atoms with van der Waals surface area (Å²) in [5, 5.41) is 17.0. The summed E-state index contributed by atoms with van der Waals surface area (Å²) in [5.74, 6) is -4.08. The number of fused-ring (bicyclic) bond motifs is 1. The Kier molecular flexibility index (Phi) is 5.74. The zero-order valence-electron chi connectivity index (χ0n) is 16.6. The monoisotopic (exact) mass is 427 g/mol. The molecule has 1 aromatic carbocycles. The van der Waals surface area contributed by atoms with Crippen LogP contribution >= 0.6 is 0 Å². The number of benzene rings is 1. The van der Waals surface area contributed by atoms with E-state index < -0.39 is 30.1 Å². The first-order valence-electron chi connectivity index (χ1n) is 9.05. The van der Waals surface area contributed by atoms with Crippen molar-refractivity contribution in [3.8, 4) is 16.9 Å². The number of hydrogen-bond donors (Lipinski definition) is 1. The molecule has 3 rings (SSSR count). The number of rotatable bonds is 8. The molecule has 0 aliphatic heterocycles. The Labute approximate surface area is 170 Å². The average molecular weight is 427 g/mol. The predicted octanol–water partition coefficient (Wildman–Crippen LogP) is 4.27. The molecule has 0 saturated carbocycles. The Bertz CT molecular complexity index is 1010. The minimum atomic E-state index is -3.45. The van der Waals surface area contributed by atoms with Gasteiger partial charge in [-0.05, 0) is 49.2 Å². The standard InChI is InChI=1S/C20H21F4N3O3/c1-18(2,28)11-29-12-20(23,24)17-26-25-16-9-6-14(10-27(16)17)13-4-7-15(8-5-13)30-19(3,21)22/h4-10,28H,11-12H2,1-3H3. The molecule has 0 radical (unpaired) electrons. The molecule has 0 amide bonds. The molecule has 162 valence electrons. The van der Waals surface area contributed by atoms with E-state index in [2.05, 4.69) is 14.9 Å². The second kappa shape index (κ2) is 7.84. The van der Waals surface area contributed by atoms with E-state index in [1.54, 1.807) is 6.07 Å². The van der Waals surface area contributed by atoms with Gasteiger partial charge in [-0.2, -0.15) is 17.6 Å². The molecule has 6 nitrogen and oxygen atoms in total. The molecule has 30 heavy (non-hydrogen) atoms. The number of aromatic nitrogens is 3. The molecule has 1 N–H and O–H groups in total. The number of hydrogen-bond acceptors (Lipinski definition) is 5. The third-order valence-electron chi connectivity index (χ3n) is 3.95. The molecule has 0 fully saturated rings. The van der Waals surface area contributed by atoms with E-state index in [4.69, 9.17) is 4.74 Å². The molecule has 3 aromatic rings. The largest absolute Gasteiger partial charge is 0.433 e. The number of pyridine rings is 1. The van der Waals surface area contributed by atoms with E-state index in [9.17, 15) is 22.7 Å². The van der Waals surface area contributed by atoms with Crippen LogP contribution in [0.4, 0.5) is 17.6 Å². The molecular weight excluding hydrogens is 406 g/mol. The van der Waals surface area contributed by atoms with Crippen LogP contribution in [0.5, 0.6) is 5.75 Å². The summed E-state index contributed by atoms with van der Waals surface area (Å²) in [6.07, 6.45) is -1.88. The summed E-state index contributed by atoms with van der Waals surface area (Å²) >= 11 is 0. The third-order valence-corrected chi connectivity index (χ3v) is 3.95. The van der Waals surface area contributed by atoms with Crippen LogP contribution in [0.1, 0.15) is 26.6 Å². The first-order valence-corrected chi connectivity index (χ1v) is 9.05. The predicted molar refractivity (Wildman–Crippen MR) is 101 cm³/mol. The number of aliphatic hydroxyl groups is 1. The van der Waals surface area contributed by atoms with Crippen molar-refractivity contribution in [3.05, 3.63) is 48.4 Å². The SMILES string of the molecule is CC(C)(O)COCC(F)(F)c1nnc2ccc(-c3ccc(OC(C)(F)F)cc3)cn12. The van der Waals surface area contributed by atoms with Gasteiger partial charge in [0, 0.05) is 13.1 Å². The summed E-state index contributed by atoms with van der Waals surface area (Å²) in [4.78, 5) is 0. The minimum Gasteiger partial charge on any atom is -0.433 e. The first-order chi connectivity index (χ1) is 13.8. The third kappa shape index (κ3) is 5.45. The molecule has 0 bridgehead atoms. The summed E-state index contributed by atoms with van der Waals surface area (Å²) < 4.78 is 65.7. The molecule has 2 aromatic heterocycles. The summed E-state index contributed by atoms with van der Waals surface area (Å²) in [7, 11) is 0. The zero-order valence-corrected chi connectivity index (χ0v) is 16.6. The maximum Gasteiger partial charge on any atom is 0.394 e. The van der Waals surface area contributed by atoms with Crippen LogP contribution in [0.15, 0.2) is 42.6 Å². The number of halogens is 4. The van der Waals surface area contributed by atoms with Crippen LogP contribution in [-0.2, 0) is 10.7 Å². The maximum atomic E-state index is 14.6. The quantitative estimate of drug-likeness (QED) is 0.544. The topological polar surface area (TPSA) is 68.9 Å². The van der Waals surface area contributed by atoms with Crippen LogP contribution in [0.3, 0.4) is 0 Å². The van der Waals surface area contributed by atoms with Crippen LogP contribution in [0, 0.1) is 0 Å². The Hall–Kier alpha value is -2.72. The molecule has 0 aliphatic carbocycles. The van der Waals surface area contributed by atoms with Crippen molar-refractivity contribution in [2.45, 2.75) is 38.4 Å². The fraction of sp³-hybridized carbons (Fsp3) is 0.400. The van der Waals surface area contributed by atoms with E-state index in [0.29, 0.717) is 18.1 Å². The van der Waals surface area contributed by atoms with Crippen molar-refractivity contribution < 1.29 is 32.1 Å². The van der Waals surface area contributed by atoms with Gasteiger partial charge < -0.3 is 14.6 Å². The summed E-state index contributed by atoms with van der Waals surface area (Å²) in [6, 6.07) is 8.98. The fourth-order valence-corrected chi connectivity index (χ4v) is 2.73. The van der Waals surface area contributed by atoms with Crippen molar-refractivity contribution in [2.24, 2.45) is 0 Å². The number of nitrogens with zero attached hydrogens (tertiary/aromatic N) is 3. The molecule has 0 aliphatic rings. The lowest BCUT2D eigenvalue weighted by molar-refractivity contribution is -0.158. The minimum absolute atomic E-state index is 0.0206. The van der Waals surface area contributed by atoms with Crippen molar-refractivity contribution in [1.82, 2.24) is 14.6 Å². The van der Waals surface area contributed by atoms with E-state index in [-0.39, 0.29) is 18.0 Å². The van der Waals surface area contributed by atoms with Crippen LogP contribution < -0.4 is 4.74 Å². The van der Waals surface area contributed by atoms with Crippen molar-refractivity contribution in [2.75, 3.05) is 13.2 Å². The second-order valence-corrected chi connectivity index (χ2v) is 7.61. The van der Waals surface area contributed by atoms with E-state index in [1.807, 2.05) is 0 Å². The van der Waals surface area contributed by atoms with Crippen molar-refractivity contribution >= 4 is 5.65 Å². The highest BCUT2D eigenvalue weighted by Gasteiger charge is 2.38. The lowest BCUT2D eigenvalue weighted by atomic mass is 10.1. The van der Waals surface area contributed by atoms with Gasteiger partial charge in [-0.1, -0.05) is 12.1 Å². The van der Waals surface area contributed by atoms with Crippen molar-refractivity contribution in [1.29, 1.82) is 0 Å². The van der Waals surface area contributed by atoms with Crippen molar-refractivity contribution in [3.63, 3.8) is 0 Å². The number of ether oxygens (including phenoxy) is 2. The van der Waals surface area contributed by atoms with E-state index in [0.717, 1.165) is 4.40 Å². The molecule has 0 saturated heterocycles. The molecule has 0 spiro atoms. The van der Waals surface area contributed by atoms with Gasteiger partial charge in [0.05, 0.1) is 12.2 Å². The summed E-state index contributed by atoms with van der Waals surface area (Å²) in [5.41, 5.74) is 0.117. The molecule has 2 heterocycles. The van der Waals surface area contributed by atoms with Gasteiger partial charge >= 0.3 is 12.0 Å². The smallest absolute Gasteiger partial charge is 0.394 e. The lowest BCUT2D eigenvalue weighted by Crippen LogP contribution is -2.31. The van der Waals surface area contributed by atoms with Gasteiger partial charge in [-0.25, -0.2) is 0 Å². The number of alkyl halides is 4. The Morgan fingerprint density at radius 1 is 0.900 bits per heavy atom. The van der Waals surface area contributed by atoms with Gasteiger partial charge in [0.25, 0.3) is 0 Å². The van der Waals surface area contributed by atoms with E-state index in [1.165, 1.54) is 50.4 Å². The molecule has 10 heteroatoms. The second-order valence-electron chi connectivity index (χ2n) is 7.61. The Morgan fingerprint density at radius 2 is 1.53 bits per heavy atom. The first kappa shape index (κ1) is 22.0. The van der Waals surface area contributed by atoms with Gasteiger partial charge in [-0.3, -0.25) is 4.40 Å². The highest BCUT2D eigenvalue weighted by atomic mass is 19.3. The van der Waals surface area contributed by atoms with Gasteiger partial charge in [-0.15, -0.1) is 10.2 Å². The fourth-order valence-electron chi connectivity index (χ4n) is 2.73. The molecule has 0 unspecified atom stereocenters. The van der Waals surface area contributed by atoms with Gasteiger partial charge in [0.15, 0.2) is 5.65 Å². The average Bonchev–Trinajstić information content (AvgIpc) is 3.03. The van der Waals surface area contributed by atoms with Gasteiger partial charge in [0.2, 0.25) is 5.82 Å². The van der Waals surface area contributed by atoms with Crippen LogP contribution in [0.2, 0.25) is 0 Å². The summed E-state index contributed by atoms with van der Waals surface area (Å²) in [6.45, 7) is 2.28. The lowest BCUT2D eigenvalue weighted by Gasteiger charge is -2.20. The van der Waals surface area contributed by atoms with Gasteiger partial charge in [0.1, 0.15) is 12.4 Å². The van der Waals surface area contributed by atoms with E-state index >= 15 is 0 Å². The Balaban J connectivity index is 1.86. The van der Waals surface area contributed by atoms with Crippen LogP contribution in [0.25, 0.3) is 16.8 Å². The molecular formula is C20H21F4N3O3. The molecule has 0 atom stereocenters. The Morgan fingerprint density at radius 3 is 2.13 bits per heavy atom. The van der Waals surface area contributed by atoms with Crippen LogP contribution in [-0.4, -0.2) is 44.6 Å². The normalized spacial score (nSPS) is 13.1. The highest BCUT2D eigenvalue weighted by Crippen LogP contribution is 2.30. The maximum absolute atomic E-state index is 14.6. The zero-order chi connectivity index (χ0) is 22.2. The highest BCUT2D eigenvalue weighted by molar-refractivity contribution is 5.65.